The first kappa shape index (κ1) is 38.1. The third kappa shape index (κ3) is 12.7. The van der Waals surface area contributed by atoms with Crippen LogP contribution in [0.2, 0.25) is 5.02 Å². The van der Waals surface area contributed by atoms with E-state index >= 15 is 0 Å². The van der Waals surface area contributed by atoms with Crippen LogP contribution in [0.4, 0.5) is 5.69 Å². The zero-order valence-corrected chi connectivity index (χ0v) is 27.8. The van der Waals surface area contributed by atoms with Gasteiger partial charge in [0.25, 0.3) is 0 Å². The van der Waals surface area contributed by atoms with E-state index in [1.807, 2.05) is 82.5 Å². The van der Waals surface area contributed by atoms with E-state index in [-0.39, 0.29) is 34.1 Å². The normalized spacial score (nSPS) is 22.2. The molecule has 1 aliphatic heterocycles. The largest absolute Gasteiger partial charge is 2.00 e. The average Bonchev–Trinajstić information content (AvgIpc) is 3.85. The zero-order valence-electron chi connectivity index (χ0n) is 24.8. The first-order valence-corrected chi connectivity index (χ1v) is 15.1. The van der Waals surface area contributed by atoms with Gasteiger partial charge in [0, 0.05) is 74.7 Å². The van der Waals surface area contributed by atoms with E-state index in [0.717, 1.165) is 62.9 Å². The molecule has 5 fully saturated rings. The van der Waals surface area contributed by atoms with Crippen molar-refractivity contribution >= 4 is 28.2 Å². The Morgan fingerprint density at radius 1 is 0.545 bits per heavy atom. The van der Waals surface area contributed by atoms with E-state index in [9.17, 15) is 0 Å². The second kappa shape index (κ2) is 21.5. The number of hydrogen-bond acceptors (Lipinski definition) is 4. The second-order valence-corrected chi connectivity index (χ2v) is 11.0. The molecule has 1 aromatic carbocycles. The molecule has 7 rings (SSSR count). The molecule has 44 heavy (non-hydrogen) atoms. The fourth-order valence-electron chi connectivity index (χ4n) is 5.28. The Hall–Kier alpha value is -0.321. The monoisotopic (exact) mass is 686 g/mol. The summed E-state index contributed by atoms with van der Waals surface area (Å²) in [6.07, 6.45) is 39.4. The number of hydrogen-bond donors (Lipinski definition) is 0. The SMILES string of the molecule is Clc1ccc2c(N3CCN(C[C]4[CH][CH][CH][CH]4)CCN(C[C]4[CH][CH][CH][CH]4)CC3)ccnc2c1.[CH]1[CH][CH][CH][CH]1.[CH]1[CH][CH][CH][CH]1.[Fe+2].[Fe+2]. The maximum absolute atomic E-state index is 6.23. The molecule has 0 N–H and O–H groups in total. The van der Waals surface area contributed by atoms with E-state index < -0.39 is 0 Å². The third-order valence-electron chi connectivity index (χ3n) is 7.51. The number of halogens is 1. The van der Waals surface area contributed by atoms with Gasteiger partial charge in [0.2, 0.25) is 0 Å². The van der Waals surface area contributed by atoms with Crippen LogP contribution in [0.3, 0.4) is 0 Å². The number of fused-ring (bicyclic) bond motifs is 1. The van der Waals surface area contributed by atoms with Gasteiger partial charge in [-0.1, -0.05) is 11.6 Å². The molecule has 5 aliphatic rings. The van der Waals surface area contributed by atoms with Crippen LogP contribution in [0, 0.1) is 127 Å². The van der Waals surface area contributed by atoms with Gasteiger partial charge >= 0.3 is 34.1 Å². The molecule has 0 spiro atoms. The van der Waals surface area contributed by atoms with Crippen molar-refractivity contribution in [1.29, 1.82) is 0 Å². The van der Waals surface area contributed by atoms with Crippen molar-refractivity contribution in [3.05, 3.63) is 163 Å². The quantitative estimate of drug-likeness (QED) is 0.352. The van der Waals surface area contributed by atoms with E-state index in [2.05, 4.69) is 83.2 Å². The van der Waals surface area contributed by atoms with Crippen LogP contribution in [-0.2, 0) is 34.1 Å². The summed E-state index contributed by atoms with van der Waals surface area (Å²) >= 11 is 6.23. The fraction of sp³-hybridized carbons (Fsp3) is 0.216. The molecule has 0 unspecified atom stereocenters. The van der Waals surface area contributed by atoms with E-state index in [4.69, 9.17) is 11.6 Å². The van der Waals surface area contributed by atoms with Crippen molar-refractivity contribution in [2.75, 3.05) is 57.3 Å². The van der Waals surface area contributed by atoms with Gasteiger partial charge in [-0.2, -0.15) is 0 Å². The topological polar surface area (TPSA) is 22.6 Å². The summed E-state index contributed by atoms with van der Waals surface area (Å²) in [7, 11) is 0. The Kier molecular flexibility index (Phi) is 18.7. The second-order valence-electron chi connectivity index (χ2n) is 10.5. The van der Waals surface area contributed by atoms with Crippen molar-refractivity contribution in [2.45, 2.75) is 0 Å². The van der Waals surface area contributed by atoms with E-state index in [0.29, 0.717) is 0 Å². The van der Waals surface area contributed by atoms with Crippen LogP contribution < -0.4 is 4.90 Å². The number of anilines is 1. The molecule has 1 saturated heterocycles. The smallest absolute Gasteiger partial charge is 0.368 e. The van der Waals surface area contributed by atoms with Gasteiger partial charge in [-0.15, -0.1) is 0 Å². The van der Waals surface area contributed by atoms with Crippen molar-refractivity contribution < 1.29 is 34.1 Å². The Morgan fingerprint density at radius 3 is 1.43 bits per heavy atom. The molecular formula is C37H39ClFe2N4+4. The number of benzene rings is 1. The summed E-state index contributed by atoms with van der Waals surface area (Å²) < 4.78 is 0. The minimum absolute atomic E-state index is 0. The van der Waals surface area contributed by atoms with Crippen LogP contribution in [0.15, 0.2) is 30.5 Å². The molecule has 0 bridgehead atoms. The fourth-order valence-corrected chi connectivity index (χ4v) is 5.44. The molecule has 0 amide bonds. The van der Waals surface area contributed by atoms with Gasteiger partial charge in [0.15, 0.2) is 0 Å². The van der Waals surface area contributed by atoms with Crippen molar-refractivity contribution in [3.8, 4) is 0 Å². The van der Waals surface area contributed by atoms with Gasteiger partial charge < -0.3 is 4.90 Å². The summed E-state index contributed by atoms with van der Waals surface area (Å²) in [5.41, 5.74) is 2.20. The van der Waals surface area contributed by atoms with Crippen LogP contribution >= 0.6 is 11.6 Å². The minimum Gasteiger partial charge on any atom is -0.368 e. The molecule has 2 heterocycles. The molecule has 4 saturated carbocycles. The first-order chi connectivity index (χ1) is 20.7. The maximum atomic E-state index is 6.23. The molecule has 4 aliphatic carbocycles. The molecule has 4 nitrogen and oxygen atoms in total. The zero-order chi connectivity index (χ0) is 28.8. The molecule has 20 radical (unpaired) electrons. The van der Waals surface area contributed by atoms with Gasteiger partial charge in [0.05, 0.1) is 5.52 Å². The number of rotatable bonds is 5. The standard InChI is InChI=1S/C27H29ClN4.2C5H5.2Fe/c28-24-9-10-25-26(19-24)29-12-11-27(25)32-17-15-30(20-22-5-1-2-6-22)13-14-31(16-18-32)21-23-7-3-4-8-23;2*1-2-4-5-3-1;;/h1-12,19H,13-18,20-21H2;2*1-5H;;/q;;;2*+2. The predicted octanol–water partition coefficient (Wildman–Crippen LogP) is 6.16. The minimum atomic E-state index is 0. The Balaban J connectivity index is 0.000000374. The summed E-state index contributed by atoms with van der Waals surface area (Å²) in [6.45, 7) is 8.20. The van der Waals surface area contributed by atoms with Gasteiger partial charge in [0.1, 0.15) is 0 Å². The predicted molar refractivity (Wildman–Crippen MR) is 176 cm³/mol. The van der Waals surface area contributed by atoms with Crippen molar-refractivity contribution in [2.24, 2.45) is 0 Å². The Labute approximate surface area is 295 Å². The maximum Gasteiger partial charge on any atom is 2.00 e. The van der Waals surface area contributed by atoms with Crippen LogP contribution in [0.5, 0.6) is 0 Å². The van der Waals surface area contributed by atoms with Gasteiger partial charge in [-0.3, -0.25) is 14.8 Å². The van der Waals surface area contributed by atoms with Crippen LogP contribution in [0.25, 0.3) is 10.9 Å². The summed E-state index contributed by atoms with van der Waals surface area (Å²) in [6, 6.07) is 8.18. The Bertz CT molecular complexity index is 980. The van der Waals surface area contributed by atoms with Gasteiger partial charge in [-0.05, 0) is 152 Å². The molecule has 0 atom stereocenters. The molecule has 1 aromatic heterocycles. The van der Waals surface area contributed by atoms with Crippen molar-refractivity contribution in [3.63, 3.8) is 0 Å². The third-order valence-corrected chi connectivity index (χ3v) is 7.75. The van der Waals surface area contributed by atoms with E-state index in [1.54, 1.807) is 0 Å². The summed E-state index contributed by atoms with van der Waals surface area (Å²) in [5.74, 6) is 2.78. The molecule has 7 heteroatoms. The molecule has 2 aromatic rings. The van der Waals surface area contributed by atoms with Crippen LogP contribution in [-0.4, -0.2) is 67.1 Å². The number of aromatic nitrogens is 1. The summed E-state index contributed by atoms with van der Waals surface area (Å²) in [5, 5.41) is 1.90. The van der Waals surface area contributed by atoms with Gasteiger partial charge in [-0.25, -0.2) is 0 Å². The number of nitrogens with zero attached hydrogens (tertiary/aromatic N) is 4. The van der Waals surface area contributed by atoms with Crippen LogP contribution in [0.1, 0.15) is 0 Å². The molecule has 226 valence electrons. The van der Waals surface area contributed by atoms with E-state index in [1.165, 1.54) is 22.9 Å². The average molecular weight is 687 g/mol. The number of pyridine rings is 1. The Morgan fingerprint density at radius 2 is 0.977 bits per heavy atom. The van der Waals surface area contributed by atoms with Crippen molar-refractivity contribution in [1.82, 2.24) is 14.8 Å². The summed E-state index contributed by atoms with van der Waals surface area (Å²) in [4.78, 5) is 12.3. The molecular weight excluding hydrogens is 648 g/mol. The first-order valence-electron chi connectivity index (χ1n) is 14.7.